The van der Waals surface area contributed by atoms with E-state index in [2.05, 4.69) is 45.1 Å². The van der Waals surface area contributed by atoms with Crippen molar-refractivity contribution in [1.29, 1.82) is 0 Å². The van der Waals surface area contributed by atoms with Crippen LogP contribution in [0.2, 0.25) is 0 Å². The summed E-state index contributed by atoms with van der Waals surface area (Å²) in [5, 5.41) is 8.65. The van der Waals surface area contributed by atoms with Gasteiger partial charge in [0.25, 0.3) is 0 Å². The number of hydrogen-bond donors (Lipinski definition) is 1. The first-order valence-electron chi connectivity index (χ1n) is 7.54. The van der Waals surface area contributed by atoms with E-state index in [1.54, 1.807) is 13.0 Å². The van der Waals surface area contributed by atoms with Gasteiger partial charge in [-0.2, -0.15) is 0 Å². The second kappa shape index (κ2) is 7.79. The monoisotopic (exact) mass is 298 g/mol. The van der Waals surface area contributed by atoms with Crippen molar-refractivity contribution >= 4 is 5.97 Å². The van der Waals surface area contributed by atoms with Crippen LogP contribution in [0.1, 0.15) is 41.0 Å². The highest BCUT2D eigenvalue weighted by Gasteiger charge is 2.22. The maximum atomic E-state index is 10.5. The van der Waals surface area contributed by atoms with Crippen molar-refractivity contribution in [3.8, 4) is 0 Å². The lowest BCUT2D eigenvalue weighted by atomic mass is 9.77. The normalized spacial score (nSPS) is 19.5. The zero-order valence-corrected chi connectivity index (χ0v) is 14.2. The maximum Gasteiger partial charge on any atom is 0.328 e. The summed E-state index contributed by atoms with van der Waals surface area (Å²) in [7, 11) is 0. The summed E-state index contributed by atoms with van der Waals surface area (Å²) >= 11 is 0. The van der Waals surface area contributed by atoms with Crippen LogP contribution in [0.15, 0.2) is 70.9 Å². The van der Waals surface area contributed by atoms with Gasteiger partial charge in [-0.25, -0.2) is 4.79 Å². The van der Waals surface area contributed by atoms with E-state index in [0.717, 1.165) is 17.6 Å². The van der Waals surface area contributed by atoms with Crippen LogP contribution >= 0.6 is 0 Å². The summed E-state index contributed by atoms with van der Waals surface area (Å²) in [5.74, 6) is -0.919. The Morgan fingerprint density at radius 1 is 1.23 bits per heavy atom. The molecule has 1 rings (SSSR count). The topological polar surface area (TPSA) is 37.3 Å². The van der Waals surface area contributed by atoms with Crippen molar-refractivity contribution in [2.45, 2.75) is 41.0 Å². The zero-order chi connectivity index (χ0) is 16.8. The zero-order valence-electron chi connectivity index (χ0n) is 14.2. The molecule has 0 unspecified atom stereocenters. The van der Waals surface area contributed by atoms with Gasteiger partial charge < -0.3 is 5.11 Å². The Labute approximate surface area is 133 Å². The lowest BCUT2D eigenvalue weighted by Gasteiger charge is -2.28. The fraction of sp³-hybridized carbons (Fsp3) is 0.350. The molecule has 0 aromatic carbocycles. The van der Waals surface area contributed by atoms with Crippen LogP contribution in [-0.2, 0) is 4.79 Å². The minimum absolute atomic E-state index is 0.0791. The molecule has 0 bridgehead atoms. The molecule has 1 aliphatic rings. The molecule has 22 heavy (non-hydrogen) atoms. The highest BCUT2D eigenvalue weighted by atomic mass is 16.4. The summed E-state index contributed by atoms with van der Waals surface area (Å²) in [6.07, 6.45) is 16.7. The Balaban J connectivity index is 2.80. The van der Waals surface area contributed by atoms with Crippen LogP contribution in [-0.4, -0.2) is 11.1 Å². The maximum absolute atomic E-state index is 10.5. The van der Waals surface area contributed by atoms with Gasteiger partial charge in [-0.1, -0.05) is 67.5 Å². The quantitative estimate of drug-likeness (QED) is 0.420. The summed E-state index contributed by atoms with van der Waals surface area (Å²) in [5.41, 5.74) is 4.71. The van der Waals surface area contributed by atoms with Crippen molar-refractivity contribution in [3.63, 3.8) is 0 Å². The molecule has 0 aliphatic heterocycles. The summed E-state index contributed by atoms with van der Waals surface area (Å²) < 4.78 is 0. The summed E-state index contributed by atoms with van der Waals surface area (Å²) in [6.45, 7) is 10.5. The minimum Gasteiger partial charge on any atom is -0.478 e. The molecule has 2 heteroatoms. The third kappa shape index (κ3) is 5.72. The van der Waals surface area contributed by atoms with Crippen LogP contribution in [0.3, 0.4) is 0 Å². The Morgan fingerprint density at radius 3 is 2.50 bits per heavy atom. The third-order valence-electron chi connectivity index (χ3n) is 3.69. The summed E-state index contributed by atoms with van der Waals surface area (Å²) in [6, 6.07) is 0. The molecule has 0 heterocycles. The molecule has 2 nitrogen and oxygen atoms in total. The molecule has 1 N–H and O–H groups in total. The average Bonchev–Trinajstić information content (AvgIpc) is 2.36. The Kier molecular flexibility index (Phi) is 6.36. The molecule has 0 saturated carbocycles. The number of rotatable bonds is 5. The predicted octanol–water partition coefficient (Wildman–Crippen LogP) is 5.38. The predicted molar refractivity (Wildman–Crippen MR) is 93.7 cm³/mol. The second-order valence-electron chi connectivity index (χ2n) is 6.35. The number of carbonyl (C=O) groups is 1. The fourth-order valence-electron chi connectivity index (χ4n) is 2.50. The molecule has 0 fully saturated rings. The van der Waals surface area contributed by atoms with E-state index in [-0.39, 0.29) is 5.41 Å². The van der Waals surface area contributed by atoms with Crippen LogP contribution in [0.4, 0.5) is 0 Å². The van der Waals surface area contributed by atoms with Gasteiger partial charge in [0.1, 0.15) is 0 Å². The fourth-order valence-corrected chi connectivity index (χ4v) is 2.50. The van der Waals surface area contributed by atoms with Gasteiger partial charge in [-0.15, -0.1) is 0 Å². The largest absolute Gasteiger partial charge is 0.478 e. The van der Waals surface area contributed by atoms with Crippen LogP contribution < -0.4 is 0 Å². The van der Waals surface area contributed by atoms with Crippen molar-refractivity contribution < 1.29 is 9.90 Å². The van der Waals surface area contributed by atoms with Gasteiger partial charge >= 0.3 is 5.97 Å². The second-order valence-corrected chi connectivity index (χ2v) is 6.35. The molecule has 0 amide bonds. The van der Waals surface area contributed by atoms with Gasteiger partial charge in [0.05, 0.1) is 0 Å². The van der Waals surface area contributed by atoms with Crippen molar-refractivity contribution in [1.82, 2.24) is 0 Å². The smallest absolute Gasteiger partial charge is 0.328 e. The highest BCUT2D eigenvalue weighted by molar-refractivity contribution is 5.81. The minimum atomic E-state index is -0.919. The Hall–Kier alpha value is -2.09. The van der Waals surface area contributed by atoms with Gasteiger partial charge in [-0.05, 0) is 38.3 Å². The number of allylic oxidation sites excluding steroid dienone is 11. The van der Waals surface area contributed by atoms with Crippen molar-refractivity contribution in [3.05, 3.63) is 70.9 Å². The van der Waals surface area contributed by atoms with E-state index < -0.39 is 5.97 Å². The first-order valence-corrected chi connectivity index (χ1v) is 7.54. The summed E-state index contributed by atoms with van der Waals surface area (Å²) in [4.78, 5) is 10.5. The van der Waals surface area contributed by atoms with E-state index in [0.29, 0.717) is 0 Å². The number of aliphatic carboxylic acids is 1. The van der Waals surface area contributed by atoms with E-state index in [4.69, 9.17) is 5.11 Å². The molecular weight excluding hydrogens is 272 g/mol. The SMILES string of the molecule is CC(C=CC1=C(C)CC=CC1(C)C)=CC=CC(C)=CC(=O)O. The number of carboxylic acid groups (broad SMARTS) is 1. The first kappa shape index (κ1) is 18.0. The van der Waals surface area contributed by atoms with Crippen molar-refractivity contribution in [2.24, 2.45) is 5.41 Å². The van der Waals surface area contributed by atoms with Crippen LogP contribution in [0.25, 0.3) is 0 Å². The van der Waals surface area contributed by atoms with Crippen molar-refractivity contribution in [2.75, 3.05) is 0 Å². The Bertz CT molecular complexity index is 606. The van der Waals surface area contributed by atoms with E-state index in [1.165, 1.54) is 17.2 Å². The molecular formula is C20H26O2. The molecule has 0 aromatic rings. The first-order chi connectivity index (χ1) is 10.2. The van der Waals surface area contributed by atoms with E-state index in [1.807, 2.05) is 19.1 Å². The molecule has 0 radical (unpaired) electrons. The molecule has 1 aliphatic carbocycles. The highest BCUT2D eigenvalue weighted by Crippen LogP contribution is 2.36. The van der Waals surface area contributed by atoms with E-state index in [9.17, 15) is 4.79 Å². The lowest BCUT2D eigenvalue weighted by molar-refractivity contribution is -0.131. The molecule has 0 spiro atoms. The lowest BCUT2D eigenvalue weighted by Crippen LogP contribution is -2.14. The Morgan fingerprint density at radius 2 is 1.91 bits per heavy atom. The van der Waals surface area contributed by atoms with Gasteiger partial charge in [0, 0.05) is 11.5 Å². The average molecular weight is 298 g/mol. The van der Waals surface area contributed by atoms with Crippen LogP contribution in [0, 0.1) is 5.41 Å². The number of hydrogen-bond acceptors (Lipinski definition) is 1. The standard InChI is InChI=1S/C20H26O2/c1-15(8-6-9-16(2)14-19(21)22)11-12-18-17(3)10-7-13-20(18,4)5/h6-9,11-14H,10H2,1-5H3,(H,21,22). The van der Waals surface area contributed by atoms with E-state index >= 15 is 0 Å². The van der Waals surface area contributed by atoms with Gasteiger partial charge in [0.2, 0.25) is 0 Å². The molecule has 0 aromatic heterocycles. The molecule has 118 valence electrons. The third-order valence-corrected chi connectivity index (χ3v) is 3.69. The molecule has 0 saturated heterocycles. The van der Waals surface area contributed by atoms with Gasteiger partial charge in [0.15, 0.2) is 0 Å². The number of carboxylic acids is 1. The van der Waals surface area contributed by atoms with Gasteiger partial charge in [-0.3, -0.25) is 0 Å². The van der Waals surface area contributed by atoms with Crippen LogP contribution in [0.5, 0.6) is 0 Å². The molecule has 0 atom stereocenters.